The average molecular weight is 335 g/mol. The van der Waals surface area contributed by atoms with Gasteiger partial charge in [-0.3, -0.25) is 0 Å². The lowest BCUT2D eigenvalue weighted by molar-refractivity contribution is 0.631. The summed E-state index contributed by atoms with van der Waals surface area (Å²) in [6.45, 7) is 6.08. The molecule has 0 saturated heterocycles. The first-order valence-corrected chi connectivity index (χ1v) is 9.11. The van der Waals surface area contributed by atoms with Crippen molar-refractivity contribution in [1.82, 2.24) is 9.97 Å². The Morgan fingerprint density at radius 1 is 0.920 bits per heavy atom. The van der Waals surface area contributed by atoms with E-state index in [-0.39, 0.29) is 0 Å². The molecule has 25 heavy (non-hydrogen) atoms. The number of para-hydroxylation sites is 1. The Labute approximate surface area is 149 Å². The van der Waals surface area contributed by atoms with Gasteiger partial charge in [-0.15, -0.1) is 0 Å². The number of hydrogen-bond acceptors (Lipinski definition) is 5. The average Bonchev–Trinajstić information content (AvgIpc) is 2.65. The molecular formula is C20H25N5. The fourth-order valence-corrected chi connectivity index (χ4v) is 2.88. The third-order valence-electron chi connectivity index (χ3n) is 4.27. The van der Waals surface area contributed by atoms with Gasteiger partial charge in [-0.05, 0) is 25.0 Å². The van der Waals surface area contributed by atoms with Crippen LogP contribution in [-0.4, -0.2) is 23.1 Å². The highest BCUT2D eigenvalue weighted by Crippen LogP contribution is 2.23. The lowest BCUT2D eigenvalue weighted by atomic mass is 10.1. The maximum absolute atomic E-state index is 9.55. The minimum atomic E-state index is 0.343. The number of rotatable bonds is 9. The van der Waals surface area contributed by atoms with E-state index in [1.54, 1.807) is 18.2 Å². The SMILES string of the molecule is CCCCCN(CCCCC)c1nc2c(C#N)cccc2nc1C#N. The normalized spacial score (nSPS) is 10.4. The molecule has 0 unspecified atom stereocenters. The molecule has 2 aromatic rings. The van der Waals surface area contributed by atoms with Crippen LogP contribution in [0, 0.1) is 22.7 Å². The lowest BCUT2D eigenvalue weighted by Gasteiger charge is -2.24. The second-order valence-electron chi connectivity index (χ2n) is 6.19. The van der Waals surface area contributed by atoms with Crippen molar-refractivity contribution in [2.45, 2.75) is 52.4 Å². The summed E-state index contributed by atoms with van der Waals surface area (Å²) in [4.78, 5) is 11.3. The van der Waals surface area contributed by atoms with Crippen LogP contribution in [0.15, 0.2) is 18.2 Å². The van der Waals surface area contributed by atoms with Crippen LogP contribution in [-0.2, 0) is 0 Å². The van der Waals surface area contributed by atoms with Crippen LogP contribution >= 0.6 is 0 Å². The van der Waals surface area contributed by atoms with E-state index in [0.29, 0.717) is 28.1 Å². The Bertz CT molecular complexity index is 775. The summed E-state index contributed by atoms with van der Waals surface area (Å²) < 4.78 is 0. The van der Waals surface area contributed by atoms with Crippen LogP contribution in [0.3, 0.4) is 0 Å². The van der Waals surface area contributed by atoms with Crippen molar-refractivity contribution in [1.29, 1.82) is 10.5 Å². The van der Waals surface area contributed by atoms with Gasteiger partial charge in [0.1, 0.15) is 17.7 Å². The molecule has 0 atom stereocenters. The van der Waals surface area contributed by atoms with Crippen molar-refractivity contribution in [2.24, 2.45) is 0 Å². The van der Waals surface area contributed by atoms with Crippen LogP contribution in [0.5, 0.6) is 0 Å². The Balaban J connectivity index is 2.44. The van der Waals surface area contributed by atoms with Crippen molar-refractivity contribution in [3.63, 3.8) is 0 Å². The molecular weight excluding hydrogens is 310 g/mol. The summed E-state index contributed by atoms with van der Waals surface area (Å²) in [5, 5.41) is 18.9. The number of hydrogen-bond donors (Lipinski definition) is 0. The molecule has 1 aromatic heterocycles. The summed E-state index contributed by atoms with van der Waals surface area (Å²) >= 11 is 0. The largest absolute Gasteiger partial charge is 0.354 e. The topological polar surface area (TPSA) is 76.6 Å². The summed E-state index contributed by atoms with van der Waals surface area (Å²) in [6.07, 6.45) is 6.72. The molecule has 0 spiro atoms. The van der Waals surface area contributed by atoms with Crippen LogP contribution in [0.4, 0.5) is 5.82 Å². The number of anilines is 1. The van der Waals surface area contributed by atoms with E-state index in [9.17, 15) is 10.5 Å². The quantitative estimate of drug-likeness (QED) is 0.628. The minimum Gasteiger partial charge on any atom is -0.354 e. The third kappa shape index (κ3) is 4.67. The Morgan fingerprint density at radius 3 is 2.16 bits per heavy atom. The molecule has 2 rings (SSSR count). The zero-order valence-corrected chi connectivity index (χ0v) is 15.1. The monoisotopic (exact) mass is 335 g/mol. The van der Waals surface area contributed by atoms with Crippen LogP contribution in [0.1, 0.15) is 63.6 Å². The smallest absolute Gasteiger partial charge is 0.183 e. The van der Waals surface area contributed by atoms with Gasteiger partial charge in [0.2, 0.25) is 0 Å². The van der Waals surface area contributed by atoms with E-state index in [0.717, 1.165) is 51.6 Å². The van der Waals surface area contributed by atoms with Gasteiger partial charge in [0.25, 0.3) is 0 Å². The number of nitriles is 2. The van der Waals surface area contributed by atoms with Gasteiger partial charge in [-0.1, -0.05) is 45.6 Å². The van der Waals surface area contributed by atoms with Gasteiger partial charge >= 0.3 is 0 Å². The summed E-state index contributed by atoms with van der Waals surface area (Å²) in [5.41, 5.74) is 2.02. The van der Waals surface area contributed by atoms with E-state index in [4.69, 9.17) is 4.98 Å². The molecule has 0 aliphatic heterocycles. The van der Waals surface area contributed by atoms with Crippen molar-refractivity contribution in [2.75, 3.05) is 18.0 Å². The van der Waals surface area contributed by atoms with Gasteiger partial charge in [0.15, 0.2) is 11.5 Å². The highest BCUT2D eigenvalue weighted by Gasteiger charge is 2.17. The van der Waals surface area contributed by atoms with Gasteiger partial charge in [0, 0.05) is 13.1 Å². The predicted molar refractivity (Wildman–Crippen MR) is 100 cm³/mol. The molecule has 5 heteroatoms. The summed E-state index contributed by atoms with van der Waals surface area (Å²) in [6, 6.07) is 9.68. The summed E-state index contributed by atoms with van der Waals surface area (Å²) in [5.74, 6) is 0.616. The lowest BCUT2D eigenvalue weighted by Crippen LogP contribution is -2.28. The molecule has 0 N–H and O–H groups in total. The molecule has 0 saturated carbocycles. The van der Waals surface area contributed by atoms with Crippen molar-refractivity contribution in [3.05, 3.63) is 29.5 Å². The molecule has 0 aliphatic carbocycles. The molecule has 0 radical (unpaired) electrons. The van der Waals surface area contributed by atoms with E-state index < -0.39 is 0 Å². The summed E-state index contributed by atoms with van der Waals surface area (Å²) in [7, 11) is 0. The van der Waals surface area contributed by atoms with Gasteiger partial charge < -0.3 is 4.90 Å². The third-order valence-corrected chi connectivity index (χ3v) is 4.27. The molecule has 0 aliphatic rings. The van der Waals surface area contributed by atoms with E-state index in [1.807, 2.05) is 0 Å². The molecule has 1 aromatic carbocycles. The van der Waals surface area contributed by atoms with Crippen molar-refractivity contribution >= 4 is 16.9 Å². The Hall–Kier alpha value is -2.66. The predicted octanol–water partition coefficient (Wildman–Crippen LogP) is 4.56. The van der Waals surface area contributed by atoms with E-state index in [2.05, 4.69) is 35.9 Å². The maximum atomic E-state index is 9.55. The zero-order valence-electron chi connectivity index (χ0n) is 15.1. The number of nitrogens with zero attached hydrogens (tertiary/aromatic N) is 5. The fraction of sp³-hybridized carbons (Fsp3) is 0.500. The highest BCUT2D eigenvalue weighted by molar-refractivity contribution is 5.83. The van der Waals surface area contributed by atoms with Crippen molar-refractivity contribution in [3.8, 4) is 12.1 Å². The van der Waals surface area contributed by atoms with E-state index >= 15 is 0 Å². The van der Waals surface area contributed by atoms with Crippen LogP contribution in [0.25, 0.3) is 11.0 Å². The molecule has 0 bridgehead atoms. The first-order valence-electron chi connectivity index (χ1n) is 9.11. The molecule has 0 fully saturated rings. The van der Waals surface area contributed by atoms with Gasteiger partial charge in [-0.25, -0.2) is 9.97 Å². The number of fused-ring (bicyclic) bond motifs is 1. The van der Waals surface area contributed by atoms with Gasteiger partial charge in [-0.2, -0.15) is 10.5 Å². The Morgan fingerprint density at radius 2 is 1.60 bits per heavy atom. The highest BCUT2D eigenvalue weighted by atomic mass is 15.2. The zero-order chi connectivity index (χ0) is 18.1. The molecule has 1 heterocycles. The Kier molecular flexibility index (Phi) is 7.16. The first kappa shape index (κ1) is 18.7. The number of aromatic nitrogens is 2. The minimum absolute atomic E-state index is 0.343. The first-order chi connectivity index (χ1) is 12.2. The van der Waals surface area contributed by atoms with E-state index in [1.165, 1.54) is 0 Å². The standard InChI is InChI=1S/C20H25N5/c1-3-5-7-12-25(13-8-6-4-2)20-18(15-22)23-17-11-9-10-16(14-21)19(17)24-20/h9-11H,3-8,12-13H2,1-2H3. The fourth-order valence-electron chi connectivity index (χ4n) is 2.88. The van der Waals surface area contributed by atoms with Crippen LogP contribution in [0.2, 0.25) is 0 Å². The molecule has 130 valence electrons. The number of unbranched alkanes of at least 4 members (excludes halogenated alkanes) is 4. The molecule has 5 nitrogen and oxygen atoms in total. The van der Waals surface area contributed by atoms with Crippen molar-refractivity contribution < 1.29 is 0 Å². The second kappa shape index (κ2) is 9.59. The van der Waals surface area contributed by atoms with Crippen LogP contribution < -0.4 is 4.90 Å². The van der Waals surface area contributed by atoms with Gasteiger partial charge in [0.05, 0.1) is 11.1 Å². The second-order valence-corrected chi connectivity index (χ2v) is 6.19. The maximum Gasteiger partial charge on any atom is 0.183 e. The number of benzene rings is 1. The molecule has 0 amide bonds.